The zero-order valence-corrected chi connectivity index (χ0v) is 18.4. The largest absolute Gasteiger partial charge is 0.382 e. The van der Waals surface area contributed by atoms with Crippen molar-refractivity contribution in [3.05, 3.63) is 65.6 Å². The van der Waals surface area contributed by atoms with Gasteiger partial charge in [-0.15, -0.1) is 11.3 Å². The molecule has 7 nitrogen and oxygen atoms in total. The topological polar surface area (TPSA) is 89.4 Å². The van der Waals surface area contributed by atoms with E-state index in [4.69, 9.17) is 5.73 Å². The lowest BCUT2D eigenvalue weighted by atomic mass is 9.89. The molecule has 2 aromatic carbocycles. The number of aromatic nitrogens is 4. The maximum absolute atomic E-state index is 13.8. The molecule has 0 radical (unpaired) electrons. The highest BCUT2D eigenvalue weighted by Crippen LogP contribution is 2.36. The fraction of sp³-hybridized carbons (Fsp3) is 0.250. The highest BCUT2D eigenvalue weighted by molar-refractivity contribution is 7.16. The number of amides is 1. The van der Waals surface area contributed by atoms with E-state index < -0.39 is 0 Å². The molecular formula is C24H22N6OS. The lowest BCUT2D eigenvalue weighted by Gasteiger charge is -2.39. The number of nitrogens with two attached hydrogens (primary N) is 1. The number of nitrogens with zero attached hydrogens (tertiary/aromatic N) is 5. The van der Waals surface area contributed by atoms with Crippen LogP contribution in [0.4, 0.5) is 5.82 Å². The summed E-state index contributed by atoms with van der Waals surface area (Å²) in [6.45, 7) is 2.94. The number of hydrogen-bond acceptors (Lipinski definition) is 6. The van der Waals surface area contributed by atoms with E-state index in [1.807, 2.05) is 33.0 Å². The molecule has 0 unspecified atom stereocenters. The van der Waals surface area contributed by atoms with Gasteiger partial charge in [0.15, 0.2) is 0 Å². The summed E-state index contributed by atoms with van der Waals surface area (Å²) in [6.07, 6.45) is 5.44. The predicted octanol–water partition coefficient (Wildman–Crippen LogP) is 4.69. The van der Waals surface area contributed by atoms with E-state index in [0.29, 0.717) is 17.3 Å². The minimum Gasteiger partial charge on any atom is -0.382 e. The van der Waals surface area contributed by atoms with E-state index >= 15 is 0 Å². The molecule has 2 N–H and O–H groups in total. The summed E-state index contributed by atoms with van der Waals surface area (Å²) in [5.41, 5.74) is 13.0. The fourth-order valence-electron chi connectivity index (χ4n) is 4.78. The molecule has 0 aliphatic carbocycles. The number of carbonyl (C=O) groups is 1. The first-order valence-corrected chi connectivity index (χ1v) is 11.6. The number of carbonyl (C=O) groups excluding carboxylic acids is 1. The van der Waals surface area contributed by atoms with Crippen LogP contribution in [0.5, 0.6) is 0 Å². The van der Waals surface area contributed by atoms with Gasteiger partial charge < -0.3 is 10.6 Å². The van der Waals surface area contributed by atoms with Crippen LogP contribution in [0.3, 0.4) is 0 Å². The Hall–Kier alpha value is -3.52. The van der Waals surface area contributed by atoms with Gasteiger partial charge in [-0.25, -0.2) is 15.0 Å². The average molecular weight is 443 g/mol. The molecule has 8 heteroatoms. The molecule has 1 fully saturated rings. The normalized spacial score (nSPS) is 19.2. The Balaban J connectivity index is 1.42. The van der Waals surface area contributed by atoms with Gasteiger partial charge in [0.25, 0.3) is 5.91 Å². The summed E-state index contributed by atoms with van der Waals surface area (Å²) in [6, 6.07) is 12.0. The third-order valence-electron chi connectivity index (χ3n) is 6.44. The van der Waals surface area contributed by atoms with Crippen LogP contribution < -0.4 is 5.73 Å². The van der Waals surface area contributed by atoms with Gasteiger partial charge in [0.1, 0.15) is 11.3 Å². The minimum absolute atomic E-state index is 0.0342. The lowest BCUT2D eigenvalue weighted by Crippen LogP contribution is -2.41. The standard InChI is InChI=1S/C24H22N6OS/c1-14-2-6-19(15-4-7-22-18(8-15)27-13-32-22)29(11-14)24(31)16-3-5-17-20(9-16)30-12-26-10-21(30)23(25)28-17/h3-5,7-10,12-14,19H,2,6,11H2,1H3,(H2,25,28)/t14-,19+/m0/s1. The number of likely N-dealkylation sites (tertiary alicyclic amines) is 1. The highest BCUT2D eigenvalue weighted by Gasteiger charge is 2.32. The van der Waals surface area contributed by atoms with E-state index in [2.05, 4.69) is 40.1 Å². The Labute approximate surface area is 188 Å². The van der Waals surface area contributed by atoms with Crippen LogP contribution in [0.1, 0.15) is 41.7 Å². The van der Waals surface area contributed by atoms with Crippen LogP contribution >= 0.6 is 11.3 Å². The molecule has 1 aliphatic heterocycles. The Morgan fingerprint density at radius 2 is 2.03 bits per heavy atom. The molecule has 2 atom stereocenters. The van der Waals surface area contributed by atoms with Crippen molar-refractivity contribution in [1.29, 1.82) is 0 Å². The maximum Gasteiger partial charge on any atom is 0.254 e. The quantitative estimate of drug-likeness (QED) is 0.428. The van der Waals surface area contributed by atoms with E-state index in [-0.39, 0.29) is 11.9 Å². The van der Waals surface area contributed by atoms with Crippen molar-refractivity contribution >= 4 is 49.8 Å². The number of thiazole rings is 1. The monoisotopic (exact) mass is 442 g/mol. The van der Waals surface area contributed by atoms with Gasteiger partial charge >= 0.3 is 0 Å². The molecule has 0 saturated carbocycles. The summed E-state index contributed by atoms with van der Waals surface area (Å²) in [5.74, 6) is 0.920. The number of benzene rings is 2. The summed E-state index contributed by atoms with van der Waals surface area (Å²) in [4.78, 5) is 28.9. The number of anilines is 1. The SMILES string of the molecule is C[C@H]1CC[C@H](c2ccc3scnc3c2)N(C(=O)c2ccc3nc(N)c4cncn4c3c2)C1. The second-order valence-corrected chi connectivity index (χ2v) is 9.47. The van der Waals surface area contributed by atoms with Gasteiger partial charge in [0.05, 0.1) is 45.3 Å². The third-order valence-corrected chi connectivity index (χ3v) is 7.25. The average Bonchev–Trinajstić information content (AvgIpc) is 3.48. The molecule has 0 spiro atoms. The van der Waals surface area contributed by atoms with Crippen LogP contribution in [0.25, 0.3) is 26.8 Å². The molecule has 32 heavy (non-hydrogen) atoms. The fourth-order valence-corrected chi connectivity index (χ4v) is 5.44. The highest BCUT2D eigenvalue weighted by atomic mass is 32.1. The maximum atomic E-state index is 13.8. The van der Waals surface area contributed by atoms with Gasteiger partial charge in [0, 0.05) is 12.1 Å². The number of piperidine rings is 1. The summed E-state index contributed by atoms with van der Waals surface area (Å²) in [7, 11) is 0. The van der Waals surface area contributed by atoms with Gasteiger partial charge in [0.2, 0.25) is 0 Å². The van der Waals surface area contributed by atoms with Crippen LogP contribution in [-0.2, 0) is 0 Å². The van der Waals surface area contributed by atoms with Crippen molar-refractivity contribution in [1.82, 2.24) is 24.3 Å². The van der Waals surface area contributed by atoms with Crippen molar-refractivity contribution in [2.75, 3.05) is 12.3 Å². The van der Waals surface area contributed by atoms with Crippen molar-refractivity contribution in [3.63, 3.8) is 0 Å². The molecule has 1 aliphatic rings. The Kier molecular flexibility index (Phi) is 4.36. The number of fused-ring (bicyclic) bond motifs is 4. The number of hydrogen-bond donors (Lipinski definition) is 1. The minimum atomic E-state index is 0.0342. The molecule has 1 amide bonds. The molecule has 4 heterocycles. The number of nitrogen functional groups attached to an aromatic ring is 1. The van der Waals surface area contributed by atoms with Crippen LogP contribution in [0, 0.1) is 5.92 Å². The molecule has 1 saturated heterocycles. The van der Waals surface area contributed by atoms with Gasteiger partial charge in [-0.1, -0.05) is 13.0 Å². The smallest absolute Gasteiger partial charge is 0.254 e. The Bertz CT molecular complexity index is 1490. The third kappa shape index (κ3) is 3.02. The van der Waals surface area contributed by atoms with E-state index in [1.165, 1.54) is 4.70 Å². The second-order valence-electron chi connectivity index (χ2n) is 8.58. The molecular weight excluding hydrogens is 420 g/mol. The van der Waals surface area contributed by atoms with Crippen LogP contribution in [0.2, 0.25) is 0 Å². The molecule has 0 bridgehead atoms. The predicted molar refractivity (Wildman–Crippen MR) is 127 cm³/mol. The van der Waals surface area contributed by atoms with E-state index in [9.17, 15) is 4.79 Å². The van der Waals surface area contributed by atoms with Gasteiger partial charge in [-0.3, -0.25) is 9.20 Å². The summed E-state index contributed by atoms with van der Waals surface area (Å²) >= 11 is 1.64. The van der Waals surface area contributed by atoms with Crippen LogP contribution in [0.15, 0.2) is 54.4 Å². The summed E-state index contributed by atoms with van der Waals surface area (Å²) < 4.78 is 3.06. The zero-order chi connectivity index (χ0) is 21.8. The van der Waals surface area contributed by atoms with E-state index in [1.54, 1.807) is 23.9 Å². The molecule has 5 aromatic rings. The number of imidazole rings is 1. The lowest BCUT2D eigenvalue weighted by molar-refractivity contribution is 0.0545. The van der Waals surface area contributed by atoms with E-state index in [0.717, 1.165) is 47.0 Å². The van der Waals surface area contributed by atoms with Gasteiger partial charge in [-0.2, -0.15) is 0 Å². The van der Waals surface area contributed by atoms with Crippen molar-refractivity contribution < 1.29 is 4.79 Å². The first-order valence-electron chi connectivity index (χ1n) is 10.7. The first-order chi connectivity index (χ1) is 15.6. The van der Waals surface area contributed by atoms with Crippen molar-refractivity contribution in [3.8, 4) is 0 Å². The van der Waals surface area contributed by atoms with Crippen molar-refractivity contribution in [2.45, 2.75) is 25.8 Å². The molecule has 160 valence electrons. The first kappa shape index (κ1) is 19.2. The van der Waals surface area contributed by atoms with Gasteiger partial charge in [-0.05, 0) is 54.7 Å². The number of rotatable bonds is 2. The van der Waals surface area contributed by atoms with Crippen LogP contribution in [-0.4, -0.2) is 36.7 Å². The molecule has 3 aromatic heterocycles. The second kappa shape index (κ2) is 7.27. The Morgan fingerprint density at radius 3 is 2.94 bits per heavy atom. The molecule has 6 rings (SSSR count). The zero-order valence-electron chi connectivity index (χ0n) is 17.6. The summed E-state index contributed by atoms with van der Waals surface area (Å²) in [5, 5.41) is 0. The Morgan fingerprint density at radius 1 is 1.12 bits per heavy atom. The van der Waals surface area contributed by atoms with Crippen molar-refractivity contribution in [2.24, 2.45) is 5.92 Å².